The highest BCUT2D eigenvalue weighted by molar-refractivity contribution is 5.74. The molecule has 1 aliphatic carbocycles. The van der Waals surface area contributed by atoms with Gasteiger partial charge in [-0.05, 0) is 24.3 Å². The number of hydrogen-bond acceptors (Lipinski definition) is 6. The standard InChI is InChI=1S/C17H15FN2O5/c1-23-16-8-11-13(9-17(16)24-2)19-6-5-14(11)25-15-4-3-10(20(21)22)7-12(15)18/h3-9,11,13H,1-2H3. The molecule has 7 nitrogen and oxygen atoms in total. The zero-order chi connectivity index (χ0) is 18.0. The van der Waals surface area contributed by atoms with Gasteiger partial charge in [-0.25, -0.2) is 4.39 Å². The molecular weight excluding hydrogens is 331 g/mol. The van der Waals surface area contributed by atoms with E-state index in [9.17, 15) is 14.5 Å². The van der Waals surface area contributed by atoms with Gasteiger partial charge in [-0.2, -0.15) is 0 Å². The Hall–Kier alpha value is -3.16. The van der Waals surface area contributed by atoms with Crippen LogP contribution in [0.4, 0.5) is 10.1 Å². The molecule has 0 N–H and O–H groups in total. The second-order valence-corrected chi connectivity index (χ2v) is 5.33. The van der Waals surface area contributed by atoms with Crippen molar-refractivity contribution in [2.75, 3.05) is 14.2 Å². The number of methoxy groups -OCH3 is 2. The van der Waals surface area contributed by atoms with E-state index in [1.54, 1.807) is 24.4 Å². The molecule has 1 heterocycles. The predicted octanol–water partition coefficient (Wildman–Crippen LogP) is 3.14. The number of nitro benzene ring substituents is 1. The van der Waals surface area contributed by atoms with Crippen molar-refractivity contribution in [3.8, 4) is 5.75 Å². The number of halogens is 1. The van der Waals surface area contributed by atoms with Crippen molar-refractivity contribution in [2.24, 2.45) is 10.9 Å². The van der Waals surface area contributed by atoms with Gasteiger partial charge in [0.15, 0.2) is 23.1 Å². The average molecular weight is 346 g/mol. The van der Waals surface area contributed by atoms with Crippen LogP contribution in [0.2, 0.25) is 0 Å². The van der Waals surface area contributed by atoms with E-state index in [0.29, 0.717) is 17.3 Å². The van der Waals surface area contributed by atoms with Gasteiger partial charge in [0.05, 0.1) is 37.2 Å². The lowest BCUT2D eigenvalue weighted by atomic mass is 9.90. The quantitative estimate of drug-likeness (QED) is 0.604. The number of dihydropyridines is 1. The van der Waals surface area contributed by atoms with Crippen LogP contribution in [0, 0.1) is 21.8 Å². The highest BCUT2D eigenvalue weighted by Crippen LogP contribution is 2.34. The van der Waals surface area contributed by atoms with E-state index < -0.39 is 10.7 Å². The zero-order valence-corrected chi connectivity index (χ0v) is 13.5. The van der Waals surface area contributed by atoms with Crippen LogP contribution in [0.15, 0.2) is 58.7 Å². The lowest BCUT2D eigenvalue weighted by Crippen LogP contribution is -2.27. The van der Waals surface area contributed by atoms with Crippen LogP contribution in [0.3, 0.4) is 0 Å². The van der Waals surface area contributed by atoms with Crippen LogP contribution < -0.4 is 4.74 Å². The Balaban J connectivity index is 1.87. The maximum absolute atomic E-state index is 14.1. The Morgan fingerprint density at radius 1 is 1.20 bits per heavy atom. The monoisotopic (exact) mass is 346 g/mol. The summed E-state index contributed by atoms with van der Waals surface area (Å²) >= 11 is 0. The Morgan fingerprint density at radius 2 is 1.92 bits per heavy atom. The number of benzene rings is 1. The Labute approximate surface area is 142 Å². The molecular formula is C17H15FN2O5. The highest BCUT2D eigenvalue weighted by atomic mass is 19.1. The summed E-state index contributed by atoms with van der Waals surface area (Å²) in [4.78, 5) is 14.4. The minimum atomic E-state index is -0.811. The average Bonchev–Trinajstić information content (AvgIpc) is 2.62. The summed E-state index contributed by atoms with van der Waals surface area (Å²) in [6.07, 6.45) is 6.77. The van der Waals surface area contributed by atoms with E-state index in [-0.39, 0.29) is 23.4 Å². The third kappa shape index (κ3) is 3.23. The number of nitrogens with zero attached hydrogens (tertiary/aromatic N) is 2. The van der Waals surface area contributed by atoms with Crippen LogP contribution in [0.25, 0.3) is 0 Å². The molecule has 0 bridgehead atoms. The first-order chi connectivity index (χ1) is 12.0. The Bertz CT molecular complexity index is 828. The van der Waals surface area contributed by atoms with Crippen LogP contribution in [0.5, 0.6) is 5.75 Å². The summed E-state index contributed by atoms with van der Waals surface area (Å²) in [7, 11) is 3.05. The smallest absolute Gasteiger partial charge is 0.272 e. The molecule has 2 aliphatic rings. The summed E-state index contributed by atoms with van der Waals surface area (Å²) in [5, 5.41) is 10.7. The molecule has 0 aromatic heterocycles. The van der Waals surface area contributed by atoms with Crippen molar-refractivity contribution in [3.05, 3.63) is 69.6 Å². The number of rotatable bonds is 5. The normalized spacial score (nSPS) is 21.5. The summed E-state index contributed by atoms with van der Waals surface area (Å²) < 4.78 is 30.3. The second kappa shape index (κ2) is 6.76. The minimum Gasteiger partial charge on any atom is -0.493 e. The van der Waals surface area contributed by atoms with E-state index in [1.807, 2.05) is 0 Å². The number of ether oxygens (including phenoxy) is 3. The molecule has 2 atom stereocenters. The van der Waals surface area contributed by atoms with E-state index in [1.165, 1.54) is 26.4 Å². The van der Waals surface area contributed by atoms with Crippen molar-refractivity contribution in [3.63, 3.8) is 0 Å². The molecule has 0 amide bonds. The molecule has 130 valence electrons. The number of hydrogen-bond donors (Lipinski definition) is 0. The van der Waals surface area contributed by atoms with Crippen molar-refractivity contribution in [2.45, 2.75) is 6.04 Å². The number of non-ortho nitro benzene ring substituents is 1. The van der Waals surface area contributed by atoms with Gasteiger partial charge in [0.2, 0.25) is 0 Å². The van der Waals surface area contributed by atoms with Crippen LogP contribution in [0.1, 0.15) is 0 Å². The first-order valence-electron chi connectivity index (χ1n) is 7.40. The Kier molecular flexibility index (Phi) is 4.51. The maximum atomic E-state index is 14.1. The molecule has 0 spiro atoms. The number of nitro groups is 1. The summed E-state index contributed by atoms with van der Waals surface area (Å²) in [5.41, 5.74) is -0.339. The van der Waals surface area contributed by atoms with Crippen LogP contribution in [-0.4, -0.2) is 31.4 Å². The minimum absolute atomic E-state index is 0.0974. The lowest BCUT2D eigenvalue weighted by molar-refractivity contribution is -0.385. The highest BCUT2D eigenvalue weighted by Gasteiger charge is 2.32. The summed E-state index contributed by atoms with van der Waals surface area (Å²) in [6.45, 7) is 0. The topological polar surface area (TPSA) is 83.2 Å². The third-order valence-corrected chi connectivity index (χ3v) is 3.88. The van der Waals surface area contributed by atoms with Crippen LogP contribution in [-0.2, 0) is 9.47 Å². The van der Waals surface area contributed by atoms with Crippen molar-refractivity contribution in [1.82, 2.24) is 0 Å². The predicted molar refractivity (Wildman–Crippen MR) is 87.7 cm³/mol. The van der Waals surface area contributed by atoms with Gasteiger partial charge in [-0.3, -0.25) is 15.1 Å². The molecule has 0 fully saturated rings. The van der Waals surface area contributed by atoms with Crippen molar-refractivity contribution in [1.29, 1.82) is 0 Å². The van der Waals surface area contributed by atoms with Crippen molar-refractivity contribution >= 4 is 11.9 Å². The van der Waals surface area contributed by atoms with Gasteiger partial charge in [-0.1, -0.05) is 0 Å². The summed E-state index contributed by atoms with van der Waals surface area (Å²) in [5.74, 6) is 0.333. The van der Waals surface area contributed by atoms with Gasteiger partial charge >= 0.3 is 0 Å². The van der Waals surface area contributed by atoms with Crippen molar-refractivity contribution < 1.29 is 23.5 Å². The van der Waals surface area contributed by atoms with E-state index in [2.05, 4.69) is 4.99 Å². The van der Waals surface area contributed by atoms with Gasteiger partial charge in [0, 0.05) is 12.3 Å². The second-order valence-electron chi connectivity index (χ2n) is 5.33. The molecule has 0 saturated carbocycles. The largest absolute Gasteiger partial charge is 0.493 e. The molecule has 3 rings (SSSR count). The van der Waals surface area contributed by atoms with Gasteiger partial charge < -0.3 is 14.2 Å². The number of fused-ring (bicyclic) bond motifs is 1. The zero-order valence-electron chi connectivity index (χ0n) is 13.5. The SMILES string of the molecule is COC1=CC2N=CC=C(Oc3ccc([N+](=O)[O-])cc3F)C2C=C1OC. The fourth-order valence-corrected chi connectivity index (χ4v) is 2.65. The molecule has 2 unspecified atom stereocenters. The fraction of sp³-hybridized carbons (Fsp3) is 0.235. The van der Waals surface area contributed by atoms with E-state index in [0.717, 1.165) is 6.07 Å². The Morgan fingerprint density at radius 3 is 2.56 bits per heavy atom. The first kappa shape index (κ1) is 16.7. The molecule has 25 heavy (non-hydrogen) atoms. The molecule has 1 aromatic carbocycles. The van der Waals surface area contributed by atoms with Crippen LogP contribution >= 0.6 is 0 Å². The van der Waals surface area contributed by atoms with Gasteiger partial charge in [0.25, 0.3) is 5.69 Å². The van der Waals surface area contributed by atoms with E-state index in [4.69, 9.17) is 14.2 Å². The van der Waals surface area contributed by atoms with Gasteiger partial charge in [0.1, 0.15) is 5.76 Å². The summed E-state index contributed by atoms with van der Waals surface area (Å²) in [6, 6.07) is 2.97. The van der Waals surface area contributed by atoms with Gasteiger partial charge in [-0.15, -0.1) is 0 Å². The number of aliphatic imine (C=N–C) groups is 1. The maximum Gasteiger partial charge on any atom is 0.272 e. The molecule has 1 aliphatic heterocycles. The third-order valence-electron chi connectivity index (χ3n) is 3.88. The lowest BCUT2D eigenvalue weighted by Gasteiger charge is -2.29. The van der Waals surface area contributed by atoms with E-state index >= 15 is 0 Å². The number of allylic oxidation sites excluding steroid dienone is 1. The molecule has 8 heteroatoms. The molecule has 0 saturated heterocycles. The molecule has 1 aromatic rings. The molecule has 0 radical (unpaired) electrons. The fourth-order valence-electron chi connectivity index (χ4n) is 2.65. The first-order valence-corrected chi connectivity index (χ1v) is 7.40.